The van der Waals surface area contributed by atoms with Gasteiger partial charge >= 0.3 is 154 Å². The van der Waals surface area contributed by atoms with E-state index >= 15 is 0 Å². The second-order valence-electron chi connectivity index (χ2n) is 5.23. The average Bonchev–Trinajstić information content (AvgIpc) is 2.52. The Morgan fingerprint density at radius 2 is 1.08 bits per heavy atom. The molecule has 8 N–H and O–H groups in total. The number of hydrogen-bond acceptors (Lipinski definition) is 6. The summed E-state index contributed by atoms with van der Waals surface area (Å²) in [6.45, 7) is 0.127. The van der Waals surface area contributed by atoms with Gasteiger partial charge in [-0.25, -0.2) is 0 Å². The van der Waals surface area contributed by atoms with E-state index in [9.17, 15) is 7.48 Å². The molecule has 142 valence electrons. The zero-order chi connectivity index (χ0) is 19.5. The molecule has 0 bridgehead atoms. The van der Waals surface area contributed by atoms with Crippen molar-refractivity contribution in [2.24, 2.45) is 0 Å². The molecule has 0 heterocycles. The van der Waals surface area contributed by atoms with Gasteiger partial charge in [-0.1, -0.05) is 0 Å². The van der Waals surface area contributed by atoms with Crippen LogP contribution in [0.25, 0.3) is 0 Å². The van der Waals surface area contributed by atoms with Crippen LogP contribution in [0.1, 0.15) is 0 Å². The normalized spacial score (nSPS) is 12.0. The van der Waals surface area contributed by atoms with Crippen LogP contribution in [-0.2, 0) is 7.48 Å². The monoisotopic (exact) mass is 492 g/mol. The molecule has 0 saturated heterocycles. The van der Waals surface area contributed by atoms with Gasteiger partial charge in [-0.3, -0.25) is 0 Å². The fraction of sp³-hybridized carbons (Fsp3) is 0.143. The Bertz CT molecular complexity index is 819. The number of nitrogens with two attached hydrogens (primary N) is 2. The van der Waals surface area contributed by atoms with Crippen molar-refractivity contribution >= 4 is 48.4 Å². The Balaban J connectivity index is 1.93. The van der Waals surface area contributed by atoms with E-state index < -0.39 is 28.3 Å². The van der Waals surface area contributed by atoms with Crippen LogP contribution < -0.4 is 29.6 Å². The molecule has 0 aliphatic rings. The van der Waals surface area contributed by atoms with Crippen molar-refractivity contribution in [2.75, 3.05) is 24.7 Å². The standard InChI is InChI=1S/C14H18As2N2O8/c17-11-7-9(15(19,20)21)1-3-13(11)25-5-6-26-14-4-2-10(8-12(14)18)16(22,23)24/h1-4,7-8H,5-6,17-18H2,(H2,19,20,21)(H2,22,23,24). The Morgan fingerprint density at radius 1 is 0.731 bits per heavy atom. The van der Waals surface area contributed by atoms with Gasteiger partial charge in [0.05, 0.1) is 0 Å². The third-order valence-electron chi connectivity index (χ3n) is 3.26. The molecular weight excluding hydrogens is 474 g/mol. The predicted octanol–water partition coefficient (Wildman–Crippen LogP) is -2.57. The molecule has 0 aliphatic heterocycles. The van der Waals surface area contributed by atoms with Gasteiger partial charge in [0.15, 0.2) is 0 Å². The van der Waals surface area contributed by atoms with E-state index in [-0.39, 0.29) is 44.8 Å². The van der Waals surface area contributed by atoms with Crippen LogP contribution in [0.15, 0.2) is 36.4 Å². The molecule has 0 spiro atoms. The molecule has 0 aromatic heterocycles. The summed E-state index contributed by atoms with van der Waals surface area (Å²) in [4.78, 5) is 0. The number of ether oxygens (including phenoxy) is 2. The Kier molecular flexibility index (Phi) is 6.18. The fourth-order valence-corrected chi connectivity index (χ4v) is 4.42. The zero-order valence-electron chi connectivity index (χ0n) is 13.3. The first-order chi connectivity index (χ1) is 12.0. The van der Waals surface area contributed by atoms with Crippen LogP contribution >= 0.6 is 0 Å². The number of benzene rings is 2. The van der Waals surface area contributed by atoms with Crippen LogP contribution in [-0.4, -0.2) is 57.9 Å². The summed E-state index contributed by atoms with van der Waals surface area (Å²) in [6.07, 6.45) is 0. The van der Waals surface area contributed by atoms with Crippen LogP contribution in [0.4, 0.5) is 11.4 Å². The summed E-state index contributed by atoms with van der Waals surface area (Å²) in [5.74, 6) is 0.488. The molecule has 0 radical (unpaired) electrons. The summed E-state index contributed by atoms with van der Waals surface area (Å²) < 4.78 is 69.4. The van der Waals surface area contributed by atoms with Crippen LogP contribution in [0.5, 0.6) is 11.5 Å². The van der Waals surface area contributed by atoms with E-state index in [1.807, 2.05) is 0 Å². The van der Waals surface area contributed by atoms with Gasteiger partial charge in [0.2, 0.25) is 0 Å². The van der Waals surface area contributed by atoms with E-state index in [0.717, 1.165) is 12.1 Å². The van der Waals surface area contributed by atoms with Gasteiger partial charge in [-0.2, -0.15) is 0 Å². The zero-order valence-corrected chi connectivity index (χ0v) is 17.1. The van der Waals surface area contributed by atoms with E-state index in [0.29, 0.717) is 0 Å². The maximum atomic E-state index is 11.2. The van der Waals surface area contributed by atoms with Crippen molar-refractivity contribution in [1.82, 2.24) is 0 Å². The fourth-order valence-electron chi connectivity index (χ4n) is 2.00. The molecule has 0 amide bonds. The van der Waals surface area contributed by atoms with Crippen LogP contribution in [0.3, 0.4) is 0 Å². The minimum absolute atomic E-state index is 0.0635. The number of hydrogen-bond donors (Lipinski definition) is 6. The van der Waals surface area contributed by atoms with Crippen molar-refractivity contribution in [3.05, 3.63) is 36.4 Å². The Hall–Kier alpha value is -1.80. The summed E-state index contributed by atoms with van der Waals surface area (Å²) in [7, 11) is 0. The van der Waals surface area contributed by atoms with Crippen molar-refractivity contribution in [3.8, 4) is 11.5 Å². The van der Waals surface area contributed by atoms with Gasteiger partial charge in [0.25, 0.3) is 0 Å². The number of nitrogen functional groups attached to an aromatic ring is 2. The quantitative estimate of drug-likeness (QED) is 0.136. The third-order valence-corrected chi connectivity index (χ3v) is 7.25. The third kappa shape index (κ3) is 5.34. The first kappa shape index (κ1) is 20.5. The number of anilines is 2. The van der Waals surface area contributed by atoms with Crippen molar-refractivity contribution in [1.29, 1.82) is 0 Å². The van der Waals surface area contributed by atoms with Gasteiger partial charge in [-0.05, 0) is 0 Å². The topological polar surface area (TPSA) is 186 Å². The number of rotatable bonds is 7. The molecule has 0 saturated carbocycles. The molecule has 26 heavy (non-hydrogen) atoms. The molecule has 10 nitrogen and oxygen atoms in total. The molecule has 0 atom stereocenters. The molecule has 0 fully saturated rings. The molecule has 0 aliphatic carbocycles. The Labute approximate surface area is 154 Å². The first-order valence-electron chi connectivity index (χ1n) is 7.15. The maximum absolute atomic E-state index is 11.2. The van der Waals surface area contributed by atoms with Crippen molar-refractivity contribution in [3.63, 3.8) is 0 Å². The van der Waals surface area contributed by atoms with E-state index in [1.165, 1.54) is 24.3 Å². The van der Waals surface area contributed by atoms with Gasteiger partial charge in [0, 0.05) is 0 Å². The van der Waals surface area contributed by atoms with Crippen LogP contribution in [0.2, 0.25) is 0 Å². The van der Waals surface area contributed by atoms with E-state index in [2.05, 4.69) is 0 Å². The summed E-state index contributed by atoms with van der Waals surface area (Å²) in [5.41, 5.74) is 11.6. The SMILES string of the molecule is Nc1cc([As](=O)(O)O)ccc1OCCOc1ccc([As](=O)(O)O)cc1N. The Morgan fingerprint density at radius 3 is 1.35 bits per heavy atom. The van der Waals surface area contributed by atoms with E-state index in [4.69, 9.17) is 37.3 Å². The molecular formula is C14H18As2N2O8. The first-order valence-corrected chi connectivity index (χ1v) is 13.9. The van der Waals surface area contributed by atoms with Crippen molar-refractivity contribution < 1.29 is 33.3 Å². The van der Waals surface area contributed by atoms with Crippen molar-refractivity contribution in [2.45, 2.75) is 0 Å². The molecule has 2 rings (SSSR count). The summed E-state index contributed by atoms with van der Waals surface area (Å²) in [5, 5.41) is 0. The van der Waals surface area contributed by atoms with E-state index in [1.54, 1.807) is 0 Å². The van der Waals surface area contributed by atoms with Gasteiger partial charge in [0.1, 0.15) is 0 Å². The molecule has 0 unspecified atom stereocenters. The molecule has 12 heteroatoms. The summed E-state index contributed by atoms with van der Waals surface area (Å²) in [6, 6.07) is 7.53. The van der Waals surface area contributed by atoms with Gasteiger partial charge in [-0.15, -0.1) is 0 Å². The minimum atomic E-state index is -5.01. The second kappa shape index (κ2) is 7.83. The summed E-state index contributed by atoms with van der Waals surface area (Å²) >= 11 is -10.0. The average molecular weight is 492 g/mol. The second-order valence-corrected chi connectivity index (χ2v) is 12.0. The molecule has 2 aromatic rings. The van der Waals surface area contributed by atoms with Gasteiger partial charge < -0.3 is 0 Å². The molecule has 2 aromatic carbocycles. The van der Waals surface area contributed by atoms with Crippen LogP contribution in [0, 0.1) is 0 Å². The predicted molar refractivity (Wildman–Crippen MR) is 93.7 cm³/mol.